The monoisotopic (exact) mass is 290 g/mol. The number of benzene rings is 1. The maximum atomic E-state index is 11.2. The summed E-state index contributed by atoms with van der Waals surface area (Å²) >= 11 is 6.17. The van der Waals surface area contributed by atoms with E-state index in [9.17, 15) is 4.79 Å². The summed E-state index contributed by atoms with van der Waals surface area (Å²) in [6.45, 7) is 0.535. The maximum absolute atomic E-state index is 11.2. The second-order valence-corrected chi connectivity index (χ2v) is 4.63. The van der Waals surface area contributed by atoms with Crippen LogP contribution in [0.2, 0.25) is 5.02 Å². The van der Waals surface area contributed by atoms with Gasteiger partial charge in [0.25, 0.3) is 5.91 Å². The number of nitrogens with one attached hydrogen (secondary N) is 2. The van der Waals surface area contributed by atoms with Crippen LogP contribution in [-0.4, -0.2) is 22.5 Å². The lowest BCUT2D eigenvalue weighted by Gasteiger charge is -2.19. The van der Waals surface area contributed by atoms with Gasteiger partial charge in [-0.2, -0.15) is 0 Å². The Morgan fingerprint density at radius 3 is 3.15 bits per heavy atom. The number of ether oxygens (including phenoxy) is 1. The Morgan fingerprint density at radius 1 is 1.45 bits per heavy atom. The van der Waals surface area contributed by atoms with Crippen molar-refractivity contribution >= 4 is 28.9 Å². The molecule has 0 spiro atoms. The maximum Gasteiger partial charge on any atom is 0.262 e. The first kappa shape index (κ1) is 12.7. The third-order valence-corrected chi connectivity index (χ3v) is 3.12. The molecule has 2 heterocycles. The first-order valence-electron chi connectivity index (χ1n) is 5.97. The Bertz CT molecular complexity index is 648. The van der Waals surface area contributed by atoms with Gasteiger partial charge in [-0.05, 0) is 12.1 Å². The SMILES string of the molecule is O=C1COc2cc(NCc3ccncn3)c(Cl)cc2N1. The molecule has 0 aliphatic carbocycles. The zero-order valence-electron chi connectivity index (χ0n) is 10.4. The van der Waals surface area contributed by atoms with Crippen LogP contribution in [0, 0.1) is 0 Å². The summed E-state index contributed by atoms with van der Waals surface area (Å²) in [5, 5.41) is 6.38. The van der Waals surface area contributed by atoms with Crippen LogP contribution in [0.3, 0.4) is 0 Å². The first-order chi connectivity index (χ1) is 9.72. The van der Waals surface area contributed by atoms with Crippen molar-refractivity contribution in [3.05, 3.63) is 41.4 Å². The van der Waals surface area contributed by atoms with Gasteiger partial charge in [0, 0.05) is 12.3 Å². The van der Waals surface area contributed by atoms with Crippen LogP contribution in [0.5, 0.6) is 5.75 Å². The summed E-state index contributed by atoms with van der Waals surface area (Å²) < 4.78 is 5.35. The average Bonchev–Trinajstić information content (AvgIpc) is 2.46. The first-order valence-corrected chi connectivity index (χ1v) is 6.35. The standard InChI is InChI=1S/C13H11ClN4O2/c14-9-3-11-12(20-6-13(19)18-11)4-10(9)16-5-8-1-2-15-7-17-8/h1-4,7,16H,5-6H2,(H,18,19). The number of aromatic nitrogens is 2. The van der Waals surface area contributed by atoms with Gasteiger partial charge in [-0.1, -0.05) is 11.6 Å². The van der Waals surface area contributed by atoms with Crippen LogP contribution >= 0.6 is 11.6 Å². The Balaban J connectivity index is 1.79. The summed E-state index contributed by atoms with van der Waals surface area (Å²) in [7, 11) is 0. The molecule has 0 atom stereocenters. The lowest BCUT2D eigenvalue weighted by atomic mass is 10.2. The number of rotatable bonds is 3. The fraction of sp³-hybridized carbons (Fsp3) is 0.154. The molecule has 3 rings (SSSR count). The van der Waals surface area contributed by atoms with Crippen LogP contribution in [0.4, 0.5) is 11.4 Å². The molecule has 6 nitrogen and oxygen atoms in total. The van der Waals surface area contributed by atoms with Gasteiger partial charge in [-0.15, -0.1) is 0 Å². The van der Waals surface area contributed by atoms with E-state index in [1.165, 1.54) is 6.33 Å². The smallest absolute Gasteiger partial charge is 0.262 e. The fourth-order valence-electron chi connectivity index (χ4n) is 1.84. The predicted molar refractivity (Wildman–Crippen MR) is 74.9 cm³/mol. The number of carbonyl (C=O) groups is 1. The molecule has 102 valence electrons. The number of fused-ring (bicyclic) bond motifs is 1. The Kier molecular flexibility index (Phi) is 3.39. The van der Waals surface area contributed by atoms with Gasteiger partial charge < -0.3 is 15.4 Å². The van der Waals surface area contributed by atoms with Crippen molar-refractivity contribution in [3.63, 3.8) is 0 Å². The number of anilines is 2. The largest absolute Gasteiger partial charge is 0.482 e. The molecule has 0 unspecified atom stereocenters. The van der Waals surface area contributed by atoms with E-state index in [0.717, 1.165) is 11.4 Å². The van der Waals surface area contributed by atoms with Gasteiger partial charge in [-0.3, -0.25) is 4.79 Å². The van der Waals surface area contributed by atoms with Crippen molar-refractivity contribution in [2.24, 2.45) is 0 Å². The molecule has 1 amide bonds. The molecule has 7 heteroatoms. The van der Waals surface area contributed by atoms with Gasteiger partial charge in [0.2, 0.25) is 0 Å². The van der Waals surface area contributed by atoms with Crippen molar-refractivity contribution in [2.45, 2.75) is 6.54 Å². The molecule has 0 saturated heterocycles. The normalized spacial score (nSPS) is 13.2. The zero-order chi connectivity index (χ0) is 13.9. The second kappa shape index (κ2) is 5.34. The molecule has 2 N–H and O–H groups in total. The fourth-order valence-corrected chi connectivity index (χ4v) is 2.07. The quantitative estimate of drug-likeness (QED) is 0.905. The summed E-state index contributed by atoms with van der Waals surface area (Å²) in [5.41, 5.74) is 2.15. The van der Waals surface area contributed by atoms with Gasteiger partial charge in [0.05, 0.1) is 28.6 Å². The molecular weight excluding hydrogens is 280 g/mol. The highest BCUT2D eigenvalue weighted by molar-refractivity contribution is 6.33. The van der Waals surface area contributed by atoms with E-state index in [-0.39, 0.29) is 12.5 Å². The van der Waals surface area contributed by atoms with Crippen molar-refractivity contribution in [3.8, 4) is 5.75 Å². The van der Waals surface area contributed by atoms with E-state index in [1.54, 1.807) is 18.3 Å². The van der Waals surface area contributed by atoms with E-state index >= 15 is 0 Å². The molecule has 1 aliphatic rings. The summed E-state index contributed by atoms with van der Waals surface area (Å²) in [4.78, 5) is 19.2. The molecular formula is C13H11ClN4O2. The summed E-state index contributed by atoms with van der Waals surface area (Å²) in [6, 6.07) is 5.24. The number of amides is 1. The predicted octanol–water partition coefficient (Wildman–Crippen LogP) is 2.07. The number of nitrogens with zero attached hydrogens (tertiary/aromatic N) is 2. The summed E-state index contributed by atoms with van der Waals surface area (Å²) in [6.07, 6.45) is 3.17. The van der Waals surface area contributed by atoms with E-state index in [2.05, 4.69) is 20.6 Å². The molecule has 0 radical (unpaired) electrons. The van der Waals surface area contributed by atoms with Crippen LogP contribution in [0.25, 0.3) is 0 Å². The third-order valence-electron chi connectivity index (χ3n) is 2.81. The second-order valence-electron chi connectivity index (χ2n) is 4.22. The van der Waals surface area contributed by atoms with E-state index in [1.807, 2.05) is 6.07 Å². The van der Waals surface area contributed by atoms with Crippen molar-refractivity contribution in [2.75, 3.05) is 17.2 Å². The van der Waals surface area contributed by atoms with Gasteiger partial charge >= 0.3 is 0 Å². The zero-order valence-corrected chi connectivity index (χ0v) is 11.1. The summed E-state index contributed by atoms with van der Waals surface area (Å²) in [5.74, 6) is 0.412. The van der Waals surface area contributed by atoms with Crippen molar-refractivity contribution in [1.29, 1.82) is 0 Å². The minimum absolute atomic E-state index is 0.0139. The van der Waals surface area contributed by atoms with Crippen LogP contribution in [-0.2, 0) is 11.3 Å². The lowest BCUT2D eigenvalue weighted by molar-refractivity contribution is -0.118. The Morgan fingerprint density at radius 2 is 2.35 bits per heavy atom. The minimum Gasteiger partial charge on any atom is -0.482 e. The molecule has 1 aromatic carbocycles. The third kappa shape index (κ3) is 2.65. The topological polar surface area (TPSA) is 76.1 Å². The number of halogens is 1. The molecule has 20 heavy (non-hydrogen) atoms. The molecule has 0 fully saturated rings. The average molecular weight is 291 g/mol. The van der Waals surface area contributed by atoms with E-state index in [4.69, 9.17) is 16.3 Å². The molecule has 2 aromatic rings. The van der Waals surface area contributed by atoms with E-state index in [0.29, 0.717) is 23.0 Å². The molecule has 0 bridgehead atoms. The number of hydrogen-bond acceptors (Lipinski definition) is 5. The van der Waals surface area contributed by atoms with Crippen molar-refractivity contribution in [1.82, 2.24) is 9.97 Å². The highest BCUT2D eigenvalue weighted by Crippen LogP contribution is 2.36. The van der Waals surface area contributed by atoms with Crippen LogP contribution < -0.4 is 15.4 Å². The van der Waals surface area contributed by atoms with Crippen molar-refractivity contribution < 1.29 is 9.53 Å². The Labute approximate surface area is 120 Å². The molecule has 1 aliphatic heterocycles. The highest BCUT2D eigenvalue weighted by atomic mass is 35.5. The Hall–Kier alpha value is -2.34. The highest BCUT2D eigenvalue weighted by Gasteiger charge is 2.18. The molecule has 1 aromatic heterocycles. The minimum atomic E-state index is -0.185. The lowest BCUT2D eigenvalue weighted by Crippen LogP contribution is -2.25. The number of carbonyl (C=O) groups excluding carboxylic acids is 1. The molecule has 0 saturated carbocycles. The van der Waals surface area contributed by atoms with Gasteiger partial charge in [-0.25, -0.2) is 9.97 Å². The van der Waals surface area contributed by atoms with Gasteiger partial charge in [0.1, 0.15) is 12.1 Å². The van der Waals surface area contributed by atoms with Crippen LogP contribution in [0.1, 0.15) is 5.69 Å². The van der Waals surface area contributed by atoms with Crippen LogP contribution in [0.15, 0.2) is 30.7 Å². The van der Waals surface area contributed by atoms with Gasteiger partial charge in [0.15, 0.2) is 6.61 Å². The number of hydrogen-bond donors (Lipinski definition) is 2. The van der Waals surface area contributed by atoms with E-state index < -0.39 is 0 Å².